The maximum Gasteiger partial charge on any atom is 0.159 e. The Bertz CT molecular complexity index is 520. The van der Waals surface area contributed by atoms with E-state index in [0.29, 0.717) is 23.5 Å². The molecule has 0 saturated carbocycles. The van der Waals surface area contributed by atoms with Crippen LogP contribution in [0.2, 0.25) is 0 Å². The van der Waals surface area contributed by atoms with Crippen molar-refractivity contribution in [3.8, 4) is 11.3 Å². The number of aryl methyl sites for hydroxylation is 1. The van der Waals surface area contributed by atoms with Crippen LogP contribution in [0.15, 0.2) is 24.4 Å². The third-order valence-corrected chi connectivity index (χ3v) is 2.31. The molecule has 16 heavy (non-hydrogen) atoms. The molecular weight excluding hydrogens is 212 g/mol. The molecule has 0 spiro atoms. The van der Waals surface area contributed by atoms with E-state index < -0.39 is 11.6 Å². The fourth-order valence-electron chi connectivity index (χ4n) is 1.47. The van der Waals surface area contributed by atoms with Gasteiger partial charge in [-0.15, -0.1) is 0 Å². The second-order valence-corrected chi connectivity index (χ2v) is 3.42. The summed E-state index contributed by atoms with van der Waals surface area (Å²) in [4.78, 5) is 0. The SMILES string of the molecule is CCn1cc(N)c(-c2ccc(F)c(F)c2)n1. The summed E-state index contributed by atoms with van der Waals surface area (Å²) in [7, 11) is 0. The topological polar surface area (TPSA) is 43.8 Å². The number of rotatable bonds is 2. The van der Waals surface area contributed by atoms with Crippen LogP contribution in [0.25, 0.3) is 11.3 Å². The molecule has 0 aliphatic heterocycles. The van der Waals surface area contributed by atoms with Crippen LogP contribution in [0, 0.1) is 11.6 Å². The number of halogens is 2. The highest BCUT2D eigenvalue weighted by Gasteiger charge is 2.10. The minimum absolute atomic E-state index is 0.452. The lowest BCUT2D eigenvalue weighted by atomic mass is 10.1. The number of benzene rings is 1. The highest BCUT2D eigenvalue weighted by Crippen LogP contribution is 2.25. The van der Waals surface area contributed by atoms with Gasteiger partial charge in [-0.3, -0.25) is 4.68 Å². The molecule has 0 aliphatic rings. The Morgan fingerprint density at radius 2 is 2.06 bits per heavy atom. The van der Waals surface area contributed by atoms with Gasteiger partial charge in [0.25, 0.3) is 0 Å². The first-order chi connectivity index (χ1) is 7.61. The van der Waals surface area contributed by atoms with Crippen molar-refractivity contribution in [3.63, 3.8) is 0 Å². The average Bonchev–Trinajstić information content (AvgIpc) is 2.64. The zero-order valence-corrected chi connectivity index (χ0v) is 8.74. The van der Waals surface area contributed by atoms with Gasteiger partial charge in [0.1, 0.15) is 5.69 Å². The predicted molar refractivity (Wildman–Crippen MR) is 57.7 cm³/mol. The van der Waals surface area contributed by atoms with Crippen molar-refractivity contribution in [1.82, 2.24) is 9.78 Å². The third-order valence-electron chi connectivity index (χ3n) is 2.31. The smallest absolute Gasteiger partial charge is 0.159 e. The van der Waals surface area contributed by atoms with Crippen LogP contribution in [-0.4, -0.2) is 9.78 Å². The van der Waals surface area contributed by atoms with E-state index in [9.17, 15) is 8.78 Å². The summed E-state index contributed by atoms with van der Waals surface area (Å²) in [5.74, 6) is -1.78. The Hall–Kier alpha value is -1.91. The van der Waals surface area contributed by atoms with Gasteiger partial charge in [-0.1, -0.05) is 0 Å². The standard InChI is InChI=1S/C11H11F2N3/c1-2-16-6-10(14)11(15-16)7-3-4-8(12)9(13)5-7/h3-6H,2,14H2,1H3. The maximum absolute atomic E-state index is 13.0. The Morgan fingerprint density at radius 3 is 2.62 bits per heavy atom. The molecule has 0 saturated heterocycles. The van der Waals surface area contributed by atoms with E-state index in [1.165, 1.54) is 6.07 Å². The van der Waals surface area contributed by atoms with Crippen LogP contribution in [0.3, 0.4) is 0 Å². The fourth-order valence-corrected chi connectivity index (χ4v) is 1.47. The van der Waals surface area contributed by atoms with Crippen LogP contribution < -0.4 is 5.73 Å². The van der Waals surface area contributed by atoms with Crippen molar-refractivity contribution in [1.29, 1.82) is 0 Å². The van der Waals surface area contributed by atoms with Crippen LogP contribution >= 0.6 is 0 Å². The zero-order valence-electron chi connectivity index (χ0n) is 8.74. The van der Waals surface area contributed by atoms with Gasteiger partial charge < -0.3 is 5.73 Å². The van der Waals surface area contributed by atoms with Gasteiger partial charge in [-0.2, -0.15) is 5.10 Å². The van der Waals surface area contributed by atoms with Crippen LogP contribution in [0.5, 0.6) is 0 Å². The van der Waals surface area contributed by atoms with Crippen molar-refractivity contribution in [3.05, 3.63) is 36.0 Å². The molecule has 2 N–H and O–H groups in total. The van der Waals surface area contributed by atoms with E-state index in [4.69, 9.17) is 5.73 Å². The Labute approximate surface area is 91.5 Å². The molecule has 84 valence electrons. The number of nitrogens with two attached hydrogens (primary N) is 1. The first kappa shape index (κ1) is 10.6. The van der Waals surface area contributed by atoms with Crippen molar-refractivity contribution in [2.24, 2.45) is 0 Å². The molecule has 0 amide bonds. The quantitative estimate of drug-likeness (QED) is 0.849. The van der Waals surface area contributed by atoms with Crippen molar-refractivity contribution in [2.45, 2.75) is 13.5 Å². The Morgan fingerprint density at radius 1 is 1.31 bits per heavy atom. The lowest BCUT2D eigenvalue weighted by molar-refractivity contribution is 0.509. The number of nitrogens with zero attached hydrogens (tertiary/aromatic N) is 2. The van der Waals surface area contributed by atoms with Crippen molar-refractivity contribution < 1.29 is 8.78 Å². The minimum atomic E-state index is -0.900. The highest BCUT2D eigenvalue weighted by molar-refractivity contribution is 5.71. The number of anilines is 1. The molecule has 3 nitrogen and oxygen atoms in total. The molecule has 2 rings (SSSR count). The molecule has 0 aliphatic carbocycles. The molecule has 0 bridgehead atoms. The lowest BCUT2D eigenvalue weighted by Gasteiger charge is -1.99. The average molecular weight is 223 g/mol. The maximum atomic E-state index is 13.0. The van der Waals surface area contributed by atoms with Gasteiger partial charge in [0, 0.05) is 18.3 Å². The molecule has 1 heterocycles. The molecule has 1 aromatic carbocycles. The van der Waals surface area contributed by atoms with Gasteiger partial charge in [-0.05, 0) is 25.1 Å². The molecule has 5 heteroatoms. The summed E-state index contributed by atoms with van der Waals surface area (Å²) in [6.45, 7) is 2.59. The van der Waals surface area contributed by atoms with Gasteiger partial charge in [-0.25, -0.2) is 8.78 Å². The second kappa shape index (κ2) is 3.92. The highest BCUT2D eigenvalue weighted by atomic mass is 19.2. The summed E-state index contributed by atoms with van der Waals surface area (Å²) in [5.41, 5.74) is 7.14. The van der Waals surface area contributed by atoms with Gasteiger partial charge in [0.2, 0.25) is 0 Å². The molecule has 2 aromatic rings. The van der Waals surface area contributed by atoms with Crippen molar-refractivity contribution in [2.75, 3.05) is 5.73 Å². The molecule has 0 fully saturated rings. The third kappa shape index (κ3) is 1.76. The molecule has 1 aromatic heterocycles. The summed E-state index contributed by atoms with van der Waals surface area (Å²) in [6, 6.07) is 3.61. The van der Waals surface area contributed by atoms with E-state index in [-0.39, 0.29) is 0 Å². The Balaban J connectivity index is 2.49. The van der Waals surface area contributed by atoms with Gasteiger partial charge >= 0.3 is 0 Å². The van der Waals surface area contributed by atoms with E-state index in [1.54, 1.807) is 10.9 Å². The van der Waals surface area contributed by atoms with Crippen LogP contribution in [0.1, 0.15) is 6.92 Å². The lowest BCUT2D eigenvalue weighted by Crippen LogP contribution is -1.94. The number of hydrogen-bond acceptors (Lipinski definition) is 2. The van der Waals surface area contributed by atoms with Gasteiger partial charge in [0.05, 0.1) is 5.69 Å². The summed E-state index contributed by atoms with van der Waals surface area (Å²) in [6.07, 6.45) is 1.66. The predicted octanol–water partition coefficient (Wildman–Crippen LogP) is 2.43. The molecule has 0 radical (unpaired) electrons. The summed E-state index contributed by atoms with van der Waals surface area (Å²) < 4.78 is 27.4. The van der Waals surface area contributed by atoms with Crippen LogP contribution in [0.4, 0.5) is 14.5 Å². The van der Waals surface area contributed by atoms with Crippen LogP contribution in [-0.2, 0) is 6.54 Å². The van der Waals surface area contributed by atoms with E-state index in [2.05, 4.69) is 5.10 Å². The zero-order chi connectivity index (χ0) is 11.7. The molecule has 0 unspecified atom stereocenters. The minimum Gasteiger partial charge on any atom is -0.396 e. The van der Waals surface area contributed by atoms with E-state index in [0.717, 1.165) is 12.1 Å². The Kier molecular flexibility index (Phi) is 2.60. The number of hydrogen-bond donors (Lipinski definition) is 1. The first-order valence-corrected chi connectivity index (χ1v) is 4.90. The fraction of sp³-hybridized carbons (Fsp3) is 0.182. The van der Waals surface area contributed by atoms with Gasteiger partial charge in [0.15, 0.2) is 11.6 Å². The van der Waals surface area contributed by atoms with E-state index >= 15 is 0 Å². The largest absolute Gasteiger partial charge is 0.396 e. The summed E-state index contributed by atoms with van der Waals surface area (Å²) >= 11 is 0. The monoisotopic (exact) mass is 223 g/mol. The van der Waals surface area contributed by atoms with Crippen molar-refractivity contribution >= 4 is 5.69 Å². The number of aromatic nitrogens is 2. The number of nitrogen functional groups attached to an aromatic ring is 1. The molecular formula is C11H11F2N3. The molecule has 0 atom stereocenters. The normalized spacial score (nSPS) is 10.7. The first-order valence-electron chi connectivity index (χ1n) is 4.90. The van der Waals surface area contributed by atoms with E-state index in [1.807, 2.05) is 6.92 Å². The second-order valence-electron chi connectivity index (χ2n) is 3.42. The summed E-state index contributed by atoms with van der Waals surface area (Å²) in [5, 5.41) is 4.17.